The number of halogens is 3. The number of piperidine rings is 3. The van der Waals surface area contributed by atoms with Crippen LogP contribution in [0.15, 0.2) is 42.6 Å². The van der Waals surface area contributed by atoms with Crippen LogP contribution in [0, 0.1) is 22.7 Å². The zero-order valence-electron chi connectivity index (χ0n) is 34.5. The maximum Gasteiger partial charge on any atom is 0.419 e. The number of pyridine rings is 1. The molecule has 7 heterocycles. The van der Waals surface area contributed by atoms with Gasteiger partial charge in [-0.3, -0.25) is 34.2 Å². The fraction of sp³-hybridized carbons (Fsp3) is 0.523. The highest BCUT2D eigenvalue weighted by atomic mass is 19.4. The van der Waals surface area contributed by atoms with Crippen LogP contribution in [0.5, 0.6) is 5.75 Å². The Balaban J connectivity index is 0.682. The molecule has 1 unspecified atom stereocenters. The summed E-state index contributed by atoms with van der Waals surface area (Å²) in [5.41, 5.74) is 0.0815. The van der Waals surface area contributed by atoms with E-state index in [1.165, 1.54) is 6.07 Å². The first-order valence-electron chi connectivity index (χ1n) is 21.6. The van der Waals surface area contributed by atoms with E-state index < -0.39 is 47.1 Å². The van der Waals surface area contributed by atoms with E-state index in [1.54, 1.807) is 18.2 Å². The first-order chi connectivity index (χ1) is 30.3. The van der Waals surface area contributed by atoms with Crippen molar-refractivity contribution >= 4 is 41.0 Å². The van der Waals surface area contributed by atoms with Crippen molar-refractivity contribution < 1.29 is 41.9 Å². The predicted molar refractivity (Wildman–Crippen MR) is 218 cm³/mol. The molecule has 5 fully saturated rings. The number of alkyl halides is 3. The Hall–Kier alpha value is -6.16. The molecular formula is C44H47F3N10O6. The highest BCUT2D eigenvalue weighted by Gasteiger charge is 2.48. The number of aromatic nitrogens is 3. The quantitative estimate of drug-likeness (QED) is 0.292. The minimum absolute atomic E-state index is 0.0478. The van der Waals surface area contributed by atoms with E-state index in [0.717, 1.165) is 100 Å². The number of likely N-dealkylation sites (tertiary alicyclic amines) is 1. The number of hydrogen-bond acceptors (Lipinski definition) is 13. The molecule has 1 saturated carbocycles. The average Bonchev–Trinajstić information content (AvgIpc) is 3.51. The van der Waals surface area contributed by atoms with E-state index in [0.29, 0.717) is 37.2 Å². The number of amides is 5. The van der Waals surface area contributed by atoms with Crippen molar-refractivity contribution in [2.24, 2.45) is 11.3 Å². The number of rotatable bonds is 9. The maximum absolute atomic E-state index is 13.3. The topological polar surface area (TPSA) is 194 Å². The molecule has 5 amide bonds. The number of fused-ring (bicyclic) bond motifs is 1. The largest absolute Gasteiger partial charge is 0.489 e. The third-order valence-electron chi connectivity index (χ3n) is 13.7. The highest BCUT2D eigenvalue weighted by molar-refractivity contribution is 6.23. The molecule has 1 spiro atoms. The van der Waals surface area contributed by atoms with Gasteiger partial charge in [0.25, 0.3) is 17.7 Å². The van der Waals surface area contributed by atoms with Crippen LogP contribution in [0.2, 0.25) is 0 Å². The van der Waals surface area contributed by atoms with E-state index in [9.17, 15) is 37.1 Å². The summed E-state index contributed by atoms with van der Waals surface area (Å²) in [7, 11) is 0. The van der Waals surface area contributed by atoms with Crippen molar-refractivity contribution in [1.29, 1.82) is 5.26 Å². The van der Waals surface area contributed by atoms with Crippen molar-refractivity contribution in [1.82, 2.24) is 35.6 Å². The molecule has 1 aliphatic carbocycles. The molecular weight excluding hydrogens is 822 g/mol. The molecule has 5 aliphatic heterocycles. The van der Waals surface area contributed by atoms with Gasteiger partial charge in [0, 0.05) is 56.3 Å². The number of nitriles is 1. The van der Waals surface area contributed by atoms with Gasteiger partial charge in [-0.15, -0.1) is 10.2 Å². The van der Waals surface area contributed by atoms with Gasteiger partial charge in [0.2, 0.25) is 11.8 Å². The smallest absolute Gasteiger partial charge is 0.419 e. The number of ether oxygens (including phenoxy) is 1. The maximum atomic E-state index is 13.3. The molecule has 0 bridgehead atoms. The van der Waals surface area contributed by atoms with E-state index in [2.05, 4.69) is 40.5 Å². The number of benzene rings is 1. The number of nitrogens with one attached hydrogen (secondary N) is 2. The Morgan fingerprint density at radius 1 is 0.889 bits per heavy atom. The number of anilines is 2. The average molecular weight is 869 g/mol. The van der Waals surface area contributed by atoms with Gasteiger partial charge >= 0.3 is 6.18 Å². The van der Waals surface area contributed by atoms with Gasteiger partial charge in [-0.2, -0.15) is 18.4 Å². The molecule has 9 rings (SSSR count). The highest BCUT2D eigenvalue weighted by Crippen LogP contribution is 2.44. The second kappa shape index (κ2) is 16.8. The molecule has 4 saturated heterocycles. The zero-order chi connectivity index (χ0) is 44.0. The molecule has 0 radical (unpaired) electrons. The Morgan fingerprint density at radius 3 is 2.29 bits per heavy atom. The molecule has 16 nitrogen and oxygen atoms in total. The van der Waals surface area contributed by atoms with Gasteiger partial charge in [-0.1, -0.05) is 0 Å². The van der Waals surface area contributed by atoms with Crippen LogP contribution in [0.25, 0.3) is 0 Å². The second-order valence-electron chi connectivity index (χ2n) is 17.8. The lowest BCUT2D eigenvalue weighted by Crippen LogP contribution is -2.60. The van der Waals surface area contributed by atoms with E-state index in [4.69, 9.17) is 10.00 Å². The fourth-order valence-electron chi connectivity index (χ4n) is 10.0. The van der Waals surface area contributed by atoms with Gasteiger partial charge in [0.15, 0.2) is 17.2 Å². The first-order valence-corrected chi connectivity index (χ1v) is 21.6. The van der Waals surface area contributed by atoms with E-state index in [1.807, 2.05) is 12.1 Å². The number of carbonyl (C=O) groups is 5. The molecule has 63 heavy (non-hydrogen) atoms. The minimum atomic E-state index is -4.72. The normalized spacial score (nSPS) is 24.2. The number of nitrogens with zero attached hydrogens (tertiary/aromatic N) is 8. The van der Waals surface area contributed by atoms with Gasteiger partial charge in [0.05, 0.1) is 29.0 Å². The predicted octanol–water partition coefficient (Wildman–Crippen LogP) is 4.10. The van der Waals surface area contributed by atoms with Crippen molar-refractivity contribution in [2.45, 2.75) is 88.6 Å². The Bertz CT molecular complexity index is 2340. The standard InChI is InChI=1S/C44H47F3N10O6/c45-44(46,47)33-20-30(22-49-35(33)21-48)63-29-4-1-27(2-5-29)50-39(59)34-7-9-37(53-52-34)55-15-11-26(12-16-55)23-54-17-13-43(14-18-54)24-56(25-43)28-3-6-31-32(19-28)42(62)57(41(31)61)36-8-10-38(58)51-40(36)60/h3,6-7,9,19-20,22,26-27,29,36H,1-2,4-5,8,10-18,23-25H2,(H,50,59)(H,51,58,60)/t27-,29-,36?. The zero-order valence-corrected chi connectivity index (χ0v) is 34.5. The van der Waals surface area contributed by atoms with Crippen LogP contribution in [-0.4, -0.2) is 119 Å². The Kier molecular flexibility index (Phi) is 11.3. The summed E-state index contributed by atoms with van der Waals surface area (Å²) >= 11 is 0. The van der Waals surface area contributed by atoms with Crippen LogP contribution in [0.4, 0.5) is 24.7 Å². The van der Waals surface area contributed by atoms with Gasteiger partial charge in [0.1, 0.15) is 17.9 Å². The molecule has 2 N–H and O–H groups in total. The van der Waals surface area contributed by atoms with E-state index in [-0.39, 0.29) is 53.3 Å². The molecule has 2 aromatic heterocycles. The number of hydrogen-bond donors (Lipinski definition) is 2. The summed E-state index contributed by atoms with van der Waals surface area (Å²) in [5.74, 6) is -1.09. The molecule has 1 aromatic carbocycles. The van der Waals surface area contributed by atoms with Crippen LogP contribution in [0.1, 0.15) is 107 Å². The molecule has 1 atom stereocenters. The summed E-state index contributed by atoms with van der Waals surface area (Å²) in [6, 6.07) is 9.98. The lowest BCUT2D eigenvalue weighted by Gasteiger charge is -2.55. The van der Waals surface area contributed by atoms with Gasteiger partial charge in [-0.25, -0.2) is 4.98 Å². The fourth-order valence-corrected chi connectivity index (χ4v) is 10.0. The summed E-state index contributed by atoms with van der Waals surface area (Å²) in [5, 5.41) is 22.8. The molecule has 6 aliphatic rings. The summed E-state index contributed by atoms with van der Waals surface area (Å²) in [6.07, 6.45) is 2.69. The van der Waals surface area contributed by atoms with Crippen molar-refractivity contribution in [2.75, 3.05) is 55.6 Å². The second-order valence-corrected chi connectivity index (χ2v) is 17.8. The van der Waals surface area contributed by atoms with Crippen molar-refractivity contribution in [3.63, 3.8) is 0 Å². The third kappa shape index (κ3) is 8.64. The Labute approximate surface area is 361 Å². The Morgan fingerprint density at radius 2 is 1.62 bits per heavy atom. The van der Waals surface area contributed by atoms with Crippen molar-refractivity contribution in [3.05, 3.63) is 70.7 Å². The number of carbonyl (C=O) groups excluding carboxylic acids is 5. The monoisotopic (exact) mass is 868 g/mol. The van der Waals surface area contributed by atoms with Gasteiger partial charge < -0.3 is 24.8 Å². The van der Waals surface area contributed by atoms with Crippen molar-refractivity contribution in [3.8, 4) is 11.8 Å². The van der Waals surface area contributed by atoms with Crippen LogP contribution >= 0.6 is 0 Å². The lowest BCUT2D eigenvalue weighted by atomic mass is 9.71. The summed E-state index contributed by atoms with van der Waals surface area (Å²) in [6.45, 7) is 6.56. The lowest BCUT2D eigenvalue weighted by molar-refractivity contribution is -0.138. The SMILES string of the molecule is N#Cc1ncc(O[C@H]2CC[C@H](NC(=O)c3ccc(N4CCC(CN5CCC6(CC5)CN(c5ccc7c(c5)C(=O)N(C5CCC(=O)NC5=O)C7=O)C6)CC4)nn3)CC2)cc1C(F)(F)F. The molecule has 330 valence electrons. The van der Waals surface area contributed by atoms with Crippen LogP contribution in [0.3, 0.4) is 0 Å². The number of imide groups is 2. The molecule has 19 heteroatoms. The van der Waals surface area contributed by atoms with E-state index >= 15 is 0 Å². The van der Waals surface area contributed by atoms with Gasteiger partial charge in [-0.05, 0) is 113 Å². The summed E-state index contributed by atoms with van der Waals surface area (Å²) in [4.78, 5) is 75.2. The van der Waals surface area contributed by atoms with Crippen LogP contribution < -0.4 is 25.2 Å². The molecule has 3 aromatic rings. The summed E-state index contributed by atoms with van der Waals surface area (Å²) < 4.78 is 45.8. The minimum Gasteiger partial charge on any atom is -0.489 e. The van der Waals surface area contributed by atoms with Crippen LogP contribution in [-0.2, 0) is 15.8 Å². The third-order valence-corrected chi connectivity index (χ3v) is 13.7. The first kappa shape index (κ1) is 42.2.